The number of ether oxygens (including phenoxy) is 1. The Morgan fingerprint density at radius 2 is 1.64 bits per heavy atom. The molecule has 0 aliphatic heterocycles. The molecule has 1 amide bonds. The number of hydrogen-bond acceptors (Lipinski definition) is 4. The first-order chi connectivity index (χ1) is 13.2. The van der Waals surface area contributed by atoms with Crippen molar-refractivity contribution in [1.82, 2.24) is 4.31 Å². The maximum Gasteiger partial charge on any atom is 0.262 e. The zero-order valence-corrected chi connectivity index (χ0v) is 18.3. The number of anilines is 1. The molecule has 1 N–H and O–H groups in total. The van der Waals surface area contributed by atoms with E-state index in [0.29, 0.717) is 28.9 Å². The first-order valence-corrected chi connectivity index (χ1v) is 10.9. The third-order valence-corrected chi connectivity index (χ3v) is 6.93. The smallest absolute Gasteiger partial charge is 0.262 e. The van der Waals surface area contributed by atoms with Crippen LogP contribution in [-0.4, -0.2) is 38.3 Å². The van der Waals surface area contributed by atoms with Gasteiger partial charge in [-0.25, -0.2) is 8.42 Å². The van der Waals surface area contributed by atoms with Crippen molar-refractivity contribution in [2.75, 3.05) is 25.0 Å². The Balaban J connectivity index is 2.12. The van der Waals surface area contributed by atoms with Gasteiger partial charge in [0.15, 0.2) is 6.61 Å². The lowest BCUT2D eigenvalue weighted by atomic mass is 10.3. The highest BCUT2D eigenvalue weighted by atomic mass is 35.5. The van der Waals surface area contributed by atoms with E-state index >= 15 is 0 Å². The van der Waals surface area contributed by atoms with Crippen molar-refractivity contribution in [2.24, 2.45) is 0 Å². The molecule has 0 spiro atoms. The average Bonchev–Trinajstić information content (AvgIpc) is 2.65. The van der Waals surface area contributed by atoms with E-state index in [1.165, 1.54) is 28.6 Å². The van der Waals surface area contributed by atoms with Crippen LogP contribution < -0.4 is 10.1 Å². The minimum absolute atomic E-state index is 0.0429. The molecule has 0 atom stereocenters. The van der Waals surface area contributed by atoms with Crippen molar-refractivity contribution >= 4 is 56.4 Å². The van der Waals surface area contributed by atoms with Gasteiger partial charge in [-0.2, -0.15) is 4.31 Å². The lowest BCUT2D eigenvalue weighted by Gasteiger charge is -2.19. The predicted molar refractivity (Wildman–Crippen MR) is 112 cm³/mol. The van der Waals surface area contributed by atoms with Gasteiger partial charge in [0.05, 0.1) is 25.7 Å². The zero-order chi connectivity index (χ0) is 20.9. The number of nitrogens with zero attached hydrogens (tertiary/aromatic N) is 1. The van der Waals surface area contributed by atoms with Crippen LogP contribution in [0.25, 0.3) is 0 Å². The Morgan fingerprint density at radius 1 is 1.00 bits per heavy atom. The second kappa shape index (κ2) is 9.80. The second-order valence-corrected chi connectivity index (χ2v) is 8.80. The third-order valence-electron chi connectivity index (χ3n) is 3.82. The summed E-state index contributed by atoms with van der Waals surface area (Å²) in [5.41, 5.74) is 0.178. The van der Waals surface area contributed by atoms with Gasteiger partial charge in [-0.1, -0.05) is 48.7 Å². The van der Waals surface area contributed by atoms with E-state index in [-0.39, 0.29) is 22.2 Å². The minimum atomic E-state index is -3.68. The van der Waals surface area contributed by atoms with Gasteiger partial charge in [0.2, 0.25) is 10.0 Å². The zero-order valence-electron chi connectivity index (χ0n) is 15.2. The van der Waals surface area contributed by atoms with Crippen molar-refractivity contribution in [2.45, 2.75) is 18.7 Å². The van der Waals surface area contributed by atoms with Crippen LogP contribution in [-0.2, 0) is 14.8 Å². The topological polar surface area (TPSA) is 75.7 Å². The number of halogens is 3. The summed E-state index contributed by atoms with van der Waals surface area (Å²) in [5, 5.41) is 3.44. The third kappa shape index (κ3) is 5.52. The van der Waals surface area contributed by atoms with Crippen LogP contribution in [0.3, 0.4) is 0 Å². The summed E-state index contributed by atoms with van der Waals surface area (Å²) in [5.74, 6) is -0.140. The number of nitrogens with one attached hydrogen (secondary N) is 1. The molecule has 0 radical (unpaired) electrons. The van der Waals surface area contributed by atoms with Crippen LogP contribution in [0, 0.1) is 0 Å². The fraction of sp³-hybridized carbons (Fsp3) is 0.278. The summed E-state index contributed by atoms with van der Waals surface area (Å²) in [7, 11) is -3.68. The Bertz CT molecular complexity index is 963. The predicted octanol–water partition coefficient (Wildman–Crippen LogP) is 4.69. The summed E-state index contributed by atoms with van der Waals surface area (Å²) in [6.07, 6.45) is 0. The van der Waals surface area contributed by atoms with Gasteiger partial charge in [-0.15, -0.1) is 0 Å². The normalized spacial score (nSPS) is 11.5. The van der Waals surface area contributed by atoms with Crippen LogP contribution in [0.5, 0.6) is 5.75 Å². The highest BCUT2D eigenvalue weighted by molar-refractivity contribution is 7.89. The van der Waals surface area contributed by atoms with E-state index in [0.717, 1.165) is 0 Å². The van der Waals surface area contributed by atoms with E-state index in [2.05, 4.69) is 5.32 Å². The van der Waals surface area contributed by atoms with Gasteiger partial charge >= 0.3 is 0 Å². The lowest BCUT2D eigenvalue weighted by Crippen LogP contribution is -2.30. The quantitative estimate of drug-likeness (QED) is 0.613. The number of benzene rings is 2. The van der Waals surface area contributed by atoms with Gasteiger partial charge in [0, 0.05) is 19.2 Å². The Hall–Kier alpha value is -1.51. The lowest BCUT2D eigenvalue weighted by molar-refractivity contribution is -0.118. The summed E-state index contributed by atoms with van der Waals surface area (Å²) >= 11 is 17.8. The minimum Gasteiger partial charge on any atom is -0.484 e. The molecule has 2 aromatic rings. The molecule has 0 heterocycles. The number of hydrogen-bond donors (Lipinski definition) is 1. The Labute approximate surface area is 179 Å². The fourth-order valence-corrected chi connectivity index (χ4v) is 4.31. The first kappa shape index (κ1) is 22.8. The number of carbonyl (C=O) groups excluding carboxylic acids is 1. The molecule has 152 valence electrons. The second-order valence-electron chi connectivity index (χ2n) is 5.64. The molecule has 10 heteroatoms. The summed E-state index contributed by atoms with van der Waals surface area (Å²) in [6.45, 7) is 3.85. The largest absolute Gasteiger partial charge is 0.484 e. The molecule has 2 rings (SSSR count). The van der Waals surface area contributed by atoms with E-state index in [1.54, 1.807) is 26.0 Å². The van der Waals surface area contributed by atoms with Crippen LogP contribution in [0.1, 0.15) is 13.8 Å². The molecule has 2 aromatic carbocycles. The van der Waals surface area contributed by atoms with Gasteiger partial charge < -0.3 is 10.1 Å². The van der Waals surface area contributed by atoms with E-state index in [1.807, 2.05) is 0 Å². The average molecular weight is 466 g/mol. The maximum absolute atomic E-state index is 12.6. The molecule has 0 fully saturated rings. The van der Waals surface area contributed by atoms with Crippen molar-refractivity contribution in [1.29, 1.82) is 0 Å². The highest BCUT2D eigenvalue weighted by Crippen LogP contribution is 2.28. The van der Waals surface area contributed by atoms with E-state index in [4.69, 9.17) is 39.5 Å². The van der Waals surface area contributed by atoms with Crippen molar-refractivity contribution in [3.63, 3.8) is 0 Å². The molecule has 0 bridgehead atoms. The Kier molecular flexibility index (Phi) is 7.97. The molecule has 0 unspecified atom stereocenters. The maximum atomic E-state index is 12.6. The van der Waals surface area contributed by atoms with E-state index < -0.39 is 15.9 Å². The van der Waals surface area contributed by atoms with Crippen LogP contribution in [0.15, 0.2) is 41.3 Å². The molecule has 28 heavy (non-hydrogen) atoms. The monoisotopic (exact) mass is 464 g/mol. The van der Waals surface area contributed by atoms with Crippen molar-refractivity contribution in [3.8, 4) is 5.75 Å². The van der Waals surface area contributed by atoms with Gasteiger partial charge in [0.1, 0.15) is 5.75 Å². The molecular formula is C18H19Cl3N2O4S. The summed E-state index contributed by atoms with van der Waals surface area (Å²) in [4.78, 5) is 12.2. The standard InChI is InChI=1S/C18H19Cl3N2O4S/c1-3-23(4-2)28(25,26)13-6-8-15(20)17(10-13)22-18(24)11-27-12-5-7-14(19)16(21)9-12/h5-10H,3-4,11H2,1-2H3,(H,22,24). The molecular weight excluding hydrogens is 447 g/mol. The fourth-order valence-electron chi connectivity index (χ4n) is 2.38. The number of rotatable bonds is 8. The van der Waals surface area contributed by atoms with Crippen LogP contribution >= 0.6 is 34.8 Å². The first-order valence-electron chi connectivity index (χ1n) is 8.36. The molecule has 0 saturated heterocycles. The molecule has 0 aliphatic rings. The van der Waals surface area contributed by atoms with Crippen LogP contribution in [0.4, 0.5) is 5.69 Å². The Morgan fingerprint density at radius 3 is 2.25 bits per heavy atom. The van der Waals surface area contributed by atoms with Crippen molar-refractivity contribution < 1.29 is 17.9 Å². The number of sulfonamides is 1. The van der Waals surface area contributed by atoms with Crippen molar-refractivity contribution in [3.05, 3.63) is 51.5 Å². The molecule has 6 nitrogen and oxygen atoms in total. The summed E-state index contributed by atoms with van der Waals surface area (Å²) in [6, 6.07) is 8.76. The van der Waals surface area contributed by atoms with E-state index in [9.17, 15) is 13.2 Å². The van der Waals surface area contributed by atoms with Gasteiger partial charge in [-0.05, 0) is 30.3 Å². The summed E-state index contributed by atoms with van der Waals surface area (Å²) < 4.78 is 31.9. The van der Waals surface area contributed by atoms with Gasteiger partial charge in [0.25, 0.3) is 5.91 Å². The van der Waals surface area contributed by atoms with Gasteiger partial charge in [-0.3, -0.25) is 4.79 Å². The number of carbonyl (C=O) groups is 1. The highest BCUT2D eigenvalue weighted by Gasteiger charge is 2.22. The van der Waals surface area contributed by atoms with Crippen LogP contribution in [0.2, 0.25) is 15.1 Å². The molecule has 0 saturated carbocycles. The molecule has 0 aliphatic carbocycles. The SMILES string of the molecule is CCN(CC)S(=O)(=O)c1ccc(Cl)c(NC(=O)COc2ccc(Cl)c(Cl)c2)c1. The molecule has 0 aromatic heterocycles. The number of amides is 1.